The first kappa shape index (κ1) is 15.3. The molecule has 1 N–H and O–H groups in total. The molecular weight excluding hydrogens is 415 g/mol. The van der Waals surface area contributed by atoms with Crippen molar-refractivity contribution in [3.05, 3.63) is 57.1 Å². The van der Waals surface area contributed by atoms with Gasteiger partial charge in [0.05, 0.1) is 12.1 Å². The normalized spacial score (nSPS) is 17.9. The van der Waals surface area contributed by atoms with E-state index >= 15 is 0 Å². The van der Waals surface area contributed by atoms with Gasteiger partial charge < -0.3 is 5.32 Å². The SMILES string of the molecule is O=C1CC(Nc2ccc(I)cc2)C(=O)N1c1ccc(Cl)cc1. The topological polar surface area (TPSA) is 49.4 Å². The molecule has 2 aromatic carbocycles. The van der Waals surface area contributed by atoms with E-state index < -0.39 is 6.04 Å². The van der Waals surface area contributed by atoms with Crippen LogP contribution in [-0.4, -0.2) is 17.9 Å². The summed E-state index contributed by atoms with van der Waals surface area (Å²) in [5.74, 6) is -0.457. The zero-order chi connectivity index (χ0) is 15.7. The third-order valence-electron chi connectivity index (χ3n) is 3.42. The van der Waals surface area contributed by atoms with Gasteiger partial charge in [-0.15, -0.1) is 0 Å². The second kappa shape index (κ2) is 6.26. The lowest BCUT2D eigenvalue weighted by molar-refractivity contribution is -0.121. The minimum Gasteiger partial charge on any atom is -0.373 e. The van der Waals surface area contributed by atoms with Crippen molar-refractivity contribution in [2.75, 3.05) is 10.2 Å². The van der Waals surface area contributed by atoms with E-state index in [1.165, 1.54) is 4.90 Å². The monoisotopic (exact) mass is 426 g/mol. The number of rotatable bonds is 3. The molecule has 4 nitrogen and oxygen atoms in total. The average molecular weight is 427 g/mol. The molecule has 0 spiro atoms. The number of anilines is 2. The van der Waals surface area contributed by atoms with Crippen LogP contribution in [0.15, 0.2) is 48.5 Å². The zero-order valence-electron chi connectivity index (χ0n) is 11.4. The third kappa shape index (κ3) is 3.10. The molecule has 0 saturated carbocycles. The van der Waals surface area contributed by atoms with Crippen LogP contribution in [0.2, 0.25) is 5.02 Å². The smallest absolute Gasteiger partial charge is 0.256 e. The highest BCUT2D eigenvalue weighted by Gasteiger charge is 2.39. The fourth-order valence-corrected chi connectivity index (χ4v) is 2.84. The first-order valence-corrected chi connectivity index (χ1v) is 8.15. The van der Waals surface area contributed by atoms with E-state index in [-0.39, 0.29) is 18.2 Å². The molecule has 1 atom stereocenters. The summed E-state index contributed by atoms with van der Waals surface area (Å²) in [6.45, 7) is 0. The van der Waals surface area contributed by atoms with Crippen LogP contribution in [0.5, 0.6) is 0 Å². The van der Waals surface area contributed by atoms with Gasteiger partial charge in [0.1, 0.15) is 6.04 Å². The van der Waals surface area contributed by atoms with Gasteiger partial charge in [-0.05, 0) is 71.1 Å². The predicted octanol–water partition coefficient (Wildman–Crippen LogP) is 3.69. The quantitative estimate of drug-likeness (QED) is 0.602. The van der Waals surface area contributed by atoms with Crippen molar-refractivity contribution < 1.29 is 9.59 Å². The third-order valence-corrected chi connectivity index (χ3v) is 4.39. The Kier molecular flexibility index (Phi) is 4.35. The van der Waals surface area contributed by atoms with E-state index in [0.717, 1.165) is 9.26 Å². The van der Waals surface area contributed by atoms with Gasteiger partial charge in [-0.1, -0.05) is 11.6 Å². The molecule has 0 radical (unpaired) electrons. The summed E-state index contributed by atoms with van der Waals surface area (Å²) in [6.07, 6.45) is 0.146. The molecule has 2 amide bonds. The molecule has 1 heterocycles. The van der Waals surface area contributed by atoms with Crippen molar-refractivity contribution in [2.24, 2.45) is 0 Å². The van der Waals surface area contributed by atoms with Crippen molar-refractivity contribution in [1.82, 2.24) is 0 Å². The van der Waals surface area contributed by atoms with Gasteiger partial charge in [-0.3, -0.25) is 9.59 Å². The minimum absolute atomic E-state index is 0.146. The van der Waals surface area contributed by atoms with E-state index in [0.29, 0.717) is 10.7 Å². The molecule has 1 aliphatic rings. The molecule has 6 heteroatoms. The Balaban J connectivity index is 1.79. The minimum atomic E-state index is -0.539. The Morgan fingerprint density at radius 1 is 1.05 bits per heavy atom. The number of nitrogens with zero attached hydrogens (tertiary/aromatic N) is 1. The highest BCUT2D eigenvalue weighted by molar-refractivity contribution is 14.1. The number of amides is 2. The largest absolute Gasteiger partial charge is 0.373 e. The second-order valence-electron chi connectivity index (χ2n) is 4.95. The highest BCUT2D eigenvalue weighted by atomic mass is 127. The van der Waals surface area contributed by atoms with Crippen LogP contribution >= 0.6 is 34.2 Å². The van der Waals surface area contributed by atoms with Gasteiger partial charge in [0.15, 0.2) is 0 Å². The molecule has 0 bridgehead atoms. The summed E-state index contributed by atoms with van der Waals surface area (Å²) in [5, 5.41) is 3.68. The predicted molar refractivity (Wildman–Crippen MR) is 95.1 cm³/mol. The van der Waals surface area contributed by atoms with Crippen LogP contribution in [-0.2, 0) is 9.59 Å². The lowest BCUT2D eigenvalue weighted by Gasteiger charge is -2.16. The van der Waals surface area contributed by atoms with E-state index in [2.05, 4.69) is 27.9 Å². The summed E-state index contributed by atoms with van der Waals surface area (Å²) in [5.41, 5.74) is 1.37. The van der Waals surface area contributed by atoms with Gasteiger partial charge in [0.25, 0.3) is 5.91 Å². The number of hydrogen-bond acceptors (Lipinski definition) is 3. The van der Waals surface area contributed by atoms with Crippen LogP contribution in [0.3, 0.4) is 0 Å². The van der Waals surface area contributed by atoms with Crippen molar-refractivity contribution in [1.29, 1.82) is 0 Å². The molecule has 0 aromatic heterocycles. The molecule has 0 aliphatic carbocycles. The van der Waals surface area contributed by atoms with Gasteiger partial charge in [0, 0.05) is 14.3 Å². The second-order valence-corrected chi connectivity index (χ2v) is 6.63. The maximum atomic E-state index is 12.5. The summed E-state index contributed by atoms with van der Waals surface area (Å²) < 4.78 is 1.11. The van der Waals surface area contributed by atoms with E-state index in [1.54, 1.807) is 24.3 Å². The summed E-state index contributed by atoms with van der Waals surface area (Å²) in [7, 11) is 0. The van der Waals surface area contributed by atoms with Gasteiger partial charge >= 0.3 is 0 Å². The highest BCUT2D eigenvalue weighted by Crippen LogP contribution is 2.26. The molecule has 22 heavy (non-hydrogen) atoms. The molecule has 2 aromatic rings. The van der Waals surface area contributed by atoms with Crippen molar-refractivity contribution in [3.63, 3.8) is 0 Å². The maximum absolute atomic E-state index is 12.5. The fourth-order valence-electron chi connectivity index (χ4n) is 2.35. The van der Waals surface area contributed by atoms with Crippen LogP contribution in [0.25, 0.3) is 0 Å². The molecule has 1 aliphatic heterocycles. The Morgan fingerprint density at radius 2 is 1.68 bits per heavy atom. The van der Waals surface area contributed by atoms with E-state index in [9.17, 15) is 9.59 Å². The molecule has 1 saturated heterocycles. The fraction of sp³-hybridized carbons (Fsp3) is 0.125. The maximum Gasteiger partial charge on any atom is 0.256 e. The van der Waals surface area contributed by atoms with Gasteiger partial charge in [0.2, 0.25) is 5.91 Å². The lowest BCUT2D eigenvalue weighted by atomic mass is 10.2. The Labute approximate surface area is 146 Å². The first-order chi connectivity index (χ1) is 10.5. The molecular formula is C16H12ClIN2O2. The number of carbonyl (C=O) groups excluding carboxylic acids is 2. The Hall–Kier alpha value is -1.60. The number of imide groups is 1. The van der Waals surface area contributed by atoms with Crippen molar-refractivity contribution >= 4 is 57.4 Å². The van der Waals surface area contributed by atoms with Crippen molar-refractivity contribution in [2.45, 2.75) is 12.5 Å². The number of carbonyl (C=O) groups is 2. The Bertz CT molecular complexity index is 716. The number of hydrogen-bond donors (Lipinski definition) is 1. The summed E-state index contributed by atoms with van der Waals surface area (Å²) >= 11 is 8.05. The number of benzene rings is 2. The number of nitrogens with one attached hydrogen (secondary N) is 1. The molecule has 112 valence electrons. The van der Waals surface area contributed by atoms with Crippen LogP contribution in [0, 0.1) is 3.57 Å². The standard InChI is InChI=1S/C16H12ClIN2O2/c17-10-1-7-13(8-2-10)20-15(21)9-14(16(20)22)19-12-5-3-11(18)4-6-12/h1-8,14,19H,9H2. The lowest BCUT2D eigenvalue weighted by Crippen LogP contribution is -2.34. The van der Waals surface area contributed by atoms with Gasteiger partial charge in [-0.2, -0.15) is 0 Å². The van der Waals surface area contributed by atoms with Crippen LogP contribution < -0.4 is 10.2 Å². The molecule has 1 fully saturated rings. The number of halogens is 2. The summed E-state index contributed by atoms with van der Waals surface area (Å²) in [4.78, 5) is 25.8. The Morgan fingerprint density at radius 3 is 2.32 bits per heavy atom. The average Bonchev–Trinajstić information content (AvgIpc) is 2.77. The molecule has 3 rings (SSSR count). The van der Waals surface area contributed by atoms with Crippen molar-refractivity contribution in [3.8, 4) is 0 Å². The van der Waals surface area contributed by atoms with Crippen LogP contribution in [0.1, 0.15) is 6.42 Å². The molecule has 1 unspecified atom stereocenters. The van der Waals surface area contributed by atoms with E-state index in [4.69, 9.17) is 11.6 Å². The van der Waals surface area contributed by atoms with Crippen LogP contribution in [0.4, 0.5) is 11.4 Å². The van der Waals surface area contributed by atoms with Gasteiger partial charge in [-0.25, -0.2) is 4.90 Å². The zero-order valence-corrected chi connectivity index (χ0v) is 14.3. The summed E-state index contributed by atoms with van der Waals surface area (Å²) in [6, 6.07) is 13.8. The van der Waals surface area contributed by atoms with E-state index in [1.807, 2.05) is 24.3 Å². The first-order valence-electron chi connectivity index (χ1n) is 6.69.